The predicted octanol–water partition coefficient (Wildman–Crippen LogP) is 4.50. The molecule has 0 aliphatic carbocycles. The highest BCUT2D eigenvalue weighted by Crippen LogP contribution is 2.32. The lowest BCUT2D eigenvalue weighted by molar-refractivity contribution is 0.0691. The van der Waals surface area contributed by atoms with Gasteiger partial charge in [-0.25, -0.2) is 4.79 Å². The Balaban J connectivity index is 3.31. The van der Waals surface area contributed by atoms with Crippen LogP contribution in [0.3, 0.4) is 0 Å². The van der Waals surface area contributed by atoms with Gasteiger partial charge < -0.3 is 9.84 Å². The van der Waals surface area contributed by atoms with Gasteiger partial charge in [-0.2, -0.15) is 0 Å². The minimum Gasteiger partial charge on any atom is -0.492 e. The van der Waals surface area contributed by atoms with Crippen LogP contribution in [-0.4, -0.2) is 17.7 Å². The molecule has 1 N–H and O–H groups in total. The molecule has 0 fully saturated rings. The van der Waals surface area contributed by atoms with Crippen LogP contribution in [-0.2, 0) is 19.3 Å². The van der Waals surface area contributed by atoms with Gasteiger partial charge >= 0.3 is 5.97 Å². The van der Waals surface area contributed by atoms with Crippen molar-refractivity contribution in [2.45, 2.75) is 60.3 Å². The Labute approximate surface area is 128 Å². The van der Waals surface area contributed by atoms with Gasteiger partial charge in [-0.05, 0) is 54.4 Å². The number of carboxylic acids is 1. The van der Waals surface area contributed by atoms with Crippen LogP contribution in [0.25, 0.3) is 0 Å². The molecule has 0 amide bonds. The summed E-state index contributed by atoms with van der Waals surface area (Å²) in [7, 11) is 0. The van der Waals surface area contributed by atoms with Gasteiger partial charge in [0.2, 0.25) is 0 Å². The fraction of sp³-hybridized carbons (Fsp3) is 0.611. The Morgan fingerprint density at radius 2 is 1.76 bits per heavy atom. The maximum absolute atomic E-state index is 11.6. The molecule has 3 nitrogen and oxygen atoms in total. The normalized spacial score (nSPS) is 11.0. The predicted molar refractivity (Wildman–Crippen MR) is 86.5 cm³/mol. The summed E-state index contributed by atoms with van der Waals surface area (Å²) in [4.78, 5) is 11.6. The van der Waals surface area contributed by atoms with E-state index in [0.717, 1.165) is 36.8 Å². The molecule has 21 heavy (non-hydrogen) atoms. The van der Waals surface area contributed by atoms with E-state index in [0.29, 0.717) is 23.8 Å². The number of rotatable bonds is 8. The van der Waals surface area contributed by atoms with Crippen molar-refractivity contribution in [2.75, 3.05) is 6.61 Å². The highest BCUT2D eigenvalue weighted by atomic mass is 16.5. The molecule has 0 saturated heterocycles. The van der Waals surface area contributed by atoms with Crippen LogP contribution in [0, 0.1) is 5.92 Å². The molecule has 0 spiro atoms. The minimum atomic E-state index is -0.901. The number of ether oxygens (including phenoxy) is 1. The van der Waals surface area contributed by atoms with Gasteiger partial charge in [0.25, 0.3) is 0 Å². The second kappa shape index (κ2) is 8.06. The number of aryl methyl sites for hydroxylation is 1. The van der Waals surface area contributed by atoms with E-state index in [4.69, 9.17) is 4.74 Å². The van der Waals surface area contributed by atoms with Crippen LogP contribution in [0.1, 0.15) is 68.1 Å². The molecule has 1 rings (SSSR count). The Kier molecular flexibility index (Phi) is 6.73. The van der Waals surface area contributed by atoms with Crippen molar-refractivity contribution in [1.82, 2.24) is 0 Å². The Bertz CT molecular complexity index is 490. The van der Waals surface area contributed by atoms with Crippen LogP contribution in [0.15, 0.2) is 6.07 Å². The van der Waals surface area contributed by atoms with Crippen molar-refractivity contribution in [3.8, 4) is 5.75 Å². The maximum atomic E-state index is 11.6. The van der Waals surface area contributed by atoms with Gasteiger partial charge in [0, 0.05) is 0 Å². The number of hydrogen-bond donors (Lipinski definition) is 1. The van der Waals surface area contributed by atoms with Gasteiger partial charge in [-0.15, -0.1) is 0 Å². The van der Waals surface area contributed by atoms with E-state index >= 15 is 0 Å². The summed E-state index contributed by atoms with van der Waals surface area (Å²) in [5, 5.41) is 9.50. The quantitative estimate of drug-likeness (QED) is 0.767. The van der Waals surface area contributed by atoms with E-state index in [2.05, 4.69) is 34.6 Å². The van der Waals surface area contributed by atoms with Gasteiger partial charge in [0.1, 0.15) is 11.3 Å². The van der Waals surface area contributed by atoms with E-state index in [1.165, 1.54) is 5.56 Å². The van der Waals surface area contributed by atoms with Gasteiger partial charge in [0.05, 0.1) is 6.61 Å². The van der Waals surface area contributed by atoms with Crippen molar-refractivity contribution in [2.24, 2.45) is 5.92 Å². The molecule has 3 heteroatoms. The average Bonchev–Trinajstić information content (AvgIpc) is 2.45. The minimum absolute atomic E-state index is 0.310. The van der Waals surface area contributed by atoms with E-state index in [1.54, 1.807) is 6.07 Å². The second-order valence-corrected chi connectivity index (χ2v) is 5.77. The summed E-state index contributed by atoms with van der Waals surface area (Å²) in [5.74, 6) is 0.227. The van der Waals surface area contributed by atoms with Crippen LogP contribution in [0.2, 0.25) is 0 Å². The molecule has 0 atom stereocenters. The Morgan fingerprint density at radius 1 is 1.14 bits per heavy atom. The highest BCUT2D eigenvalue weighted by Gasteiger charge is 2.20. The molecule has 0 radical (unpaired) electrons. The fourth-order valence-electron chi connectivity index (χ4n) is 2.67. The zero-order valence-electron chi connectivity index (χ0n) is 14.0. The molecule has 0 saturated carbocycles. The molecule has 0 aliphatic rings. The molecule has 0 heterocycles. The second-order valence-electron chi connectivity index (χ2n) is 5.77. The molecule has 0 aliphatic heterocycles. The van der Waals surface area contributed by atoms with Crippen LogP contribution in [0.4, 0.5) is 0 Å². The van der Waals surface area contributed by atoms with Crippen molar-refractivity contribution >= 4 is 5.97 Å². The topological polar surface area (TPSA) is 46.5 Å². The van der Waals surface area contributed by atoms with Crippen LogP contribution in [0.5, 0.6) is 5.75 Å². The summed E-state index contributed by atoms with van der Waals surface area (Å²) < 4.78 is 5.89. The lowest BCUT2D eigenvalue weighted by atomic mass is 9.91. The molecule has 1 aromatic carbocycles. The van der Waals surface area contributed by atoms with E-state index in [-0.39, 0.29) is 0 Å². The number of hydrogen-bond acceptors (Lipinski definition) is 2. The van der Waals surface area contributed by atoms with Gasteiger partial charge in [0.15, 0.2) is 0 Å². The Hall–Kier alpha value is -1.51. The summed E-state index contributed by atoms with van der Waals surface area (Å²) in [6.07, 6.45) is 3.49. The molecular weight excluding hydrogens is 264 g/mol. The standard InChI is InChI=1S/C18H28O3/c1-6-13-11-16(18(19)20)17(21-10-9-12(4)5)15(8-3)14(13)7-2/h11-12H,6-10H2,1-5H3,(H,19,20). The van der Waals surface area contributed by atoms with Gasteiger partial charge in [-0.1, -0.05) is 34.6 Å². The number of carboxylic acid groups (broad SMARTS) is 1. The third-order valence-corrected chi connectivity index (χ3v) is 3.85. The monoisotopic (exact) mass is 292 g/mol. The lowest BCUT2D eigenvalue weighted by Gasteiger charge is -2.20. The number of carbonyl (C=O) groups is 1. The Morgan fingerprint density at radius 3 is 2.19 bits per heavy atom. The molecule has 0 bridgehead atoms. The smallest absolute Gasteiger partial charge is 0.339 e. The zero-order chi connectivity index (χ0) is 16.0. The first kappa shape index (κ1) is 17.5. The van der Waals surface area contributed by atoms with Crippen molar-refractivity contribution in [3.05, 3.63) is 28.3 Å². The van der Waals surface area contributed by atoms with E-state index in [9.17, 15) is 9.90 Å². The molecule has 118 valence electrons. The molecule has 1 aromatic rings. The van der Waals surface area contributed by atoms with E-state index < -0.39 is 5.97 Å². The third kappa shape index (κ3) is 4.23. The summed E-state index contributed by atoms with van der Waals surface area (Å²) in [6.45, 7) is 11.1. The van der Waals surface area contributed by atoms with Crippen molar-refractivity contribution in [1.29, 1.82) is 0 Å². The largest absolute Gasteiger partial charge is 0.492 e. The molecular formula is C18H28O3. The first-order valence-electron chi connectivity index (χ1n) is 7.99. The highest BCUT2D eigenvalue weighted by molar-refractivity contribution is 5.92. The SMILES string of the molecule is CCc1cc(C(=O)O)c(OCCC(C)C)c(CC)c1CC. The summed E-state index contributed by atoms with van der Waals surface area (Å²) in [5.41, 5.74) is 3.76. The van der Waals surface area contributed by atoms with Gasteiger partial charge in [-0.3, -0.25) is 0 Å². The lowest BCUT2D eigenvalue weighted by Crippen LogP contribution is -2.12. The molecule has 0 aromatic heterocycles. The average molecular weight is 292 g/mol. The van der Waals surface area contributed by atoms with Crippen molar-refractivity contribution in [3.63, 3.8) is 0 Å². The fourth-order valence-corrected chi connectivity index (χ4v) is 2.67. The summed E-state index contributed by atoms with van der Waals surface area (Å²) in [6, 6.07) is 1.80. The van der Waals surface area contributed by atoms with Crippen LogP contribution >= 0.6 is 0 Å². The number of aromatic carboxylic acids is 1. The first-order chi connectivity index (χ1) is 9.96. The third-order valence-electron chi connectivity index (χ3n) is 3.85. The first-order valence-corrected chi connectivity index (χ1v) is 7.99. The number of benzene rings is 1. The summed E-state index contributed by atoms with van der Waals surface area (Å²) >= 11 is 0. The molecule has 0 unspecified atom stereocenters. The zero-order valence-corrected chi connectivity index (χ0v) is 14.0. The maximum Gasteiger partial charge on any atom is 0.339 e. The van der Waals surface area contributed by atoms with Crippen molar-refractivity contribution < 1.29 is 14.6 Å². The van der Waals surface area contributed by atoms with E-state index in [1.807, 2.05) is 0 Å². The van der Waals surface area contributed by atoms with Crippen LogP contribution < -0.4 is 4.74 Å².